The number of piperazine rings is 1. The Kier molecular flexibility index (Phi) is 11.7. The van der Waals surface area contributed by atoms with E-state index in [1.807, 2.05) is 30.3 Å². The van der Waals surface area contributed by atoms with Gasteiger partial charge in [0.1, 0.15) is 18.0 Å². The second-order valence-electron chi connectivity index (χ2n) is 8.64. The van der Waals surface area contributed by atoms with Crippen LogP contribution in [0.2, 0.25) is 0 Å². The normalized spacial score (nSPS) is 23.7. The fraction of sp³-hybridized carbons (Fsp3) is 0.458. The third-order valence-corrected chi connectivity index (χ3v) is 6.31. The van der Waals surface area contributed by atoms with Gasteiger partial charge in [-0.15, -0.1) is 38.0 Å². The van der Waals surface area contributed by atoms with E-state index < -0.39 is 42.5 Å². The summed E-state index contributed by atoms with van der Waals surface area (Å²) in [5, 5.41) is 25.6. The molecule has 0 aromatic heterocycles. The van der Waals surface area contributed by atoms with Crippen molar-refractivity contribution < 1.29 is 37.7 Å². The molecule has 38 heavy (non-hydrogen) atoms. The number of hydrogen-bond acceptors (Lipinski definition) is 7. The average molecular weight is 583 g/mol. The number of para-hydroxylation sites is 1. The Morgan fingerprint density at radius 2 is 1.63 bits per heavy atom. The first-order valence-corrected chi connectivity index (χ1v) is 11.6. The molecule has 14 heteroatoms. The van der Waals surface area contributed by atoms with Crippen molar-refractivity contribution in [1.82, 2.24) is 10.2 Å². The first-order valence-electron chi connectivity index (χ1n) is 11.6. The minimum Gasteiger partial charge on any atom is -0.406 e. The molecule has 2 saturated heterocycles. The zero-order valence-electron chi connectivity index (χ0n) is 20.2. The number of halogens is 5. The molecule has 4 N–H and O–H groups in total. The first kappa shape index (κ1) is 31.7. The Bertz CT molecular complexity index is 999. The van der Waals surface area contributed by atoms with Crippen molar-refractivity contribution in [2.45, 2.75) is 30.7 Å². The molecule has 2 aromatic carbocycles. The summed E-state index contributed by atoms with van der Waals surface area (Å²) in [4.78, 5) is 16.7. The van der Waals surface area contributed by atoms with Crippen LogP contribution in [0.4, 0.5) is 29.3 Å². The van der Waals surface area contributed by atoms with Gasteiger partial charge in [0.05, 0.1) is 18.8 Å². The Morgan fingerprint density at radius 3 is 2.21 bits per heavy atom. The molecular formula is C24H31Cl2F3N4O5. The van der Waals surface area contributed by atoms with E-state index in [1.54, 1.807) is 0 Å². The van der Waals surface area contributed by atoms with Crippen LogP contribution >= 0.6 is 24.8 Å². The lowest BCUT2D eigenvalue weighted by Crippen LogP contribution is -2.57. The maximum Gasteiger partial charge on any atom is 0.573 e. The minimum atomic E-state index is -4.80. The van der Waals surface area contributed by atoms with Crippen molar-refractivity contribution in [1.29, 1.82) is 0 Å². The number of alkyl halides is 3. The number of carbonyl (C=O) groups excluding carboxylic acids is 1. The van der Waals surface area contributed by atoms with Crippen LogP contribution in [0.25, 0.3) is 0 Å². The molecule has 2 heterocycles. The van der Waals surface area contributed by atoms with Crippen LogP contribution in [0.15, 0.2) is 54.6 Å². The van der Waals surface area contributed by atoms with Crippen molar-refractivity contribution in [3.8, 4) is 5.75 Å². The number of ether oxygens (including phenoxy) is 2. The largest absolute Gasteiger partial charge is 0.573 e. The van der Waals surface area contributed by atoms with Gasteiger partial charge in [0.2, 0.25) is 0 Å². The number of nitrogens with zero attached hydrogens (tertiary/aromatic N) is 2. The number of aliphatic hydroxyl groups is 2. The van der Waals surface area contributed by atoms with Gasteiger partial charge in [0.25, 0.3) is 0 Å². The number of benzene rings is 2. The molecule has 9 nitrogen and oxygen atoms in total. The van der Waals surface area contributed by atoms with E-state index in [4.69, 9.17) is 4.74 Å². The van der Waals surface area contributed by atoms with E-state index in [2.05, 4.69) is 25.2 Å². The molecule has 0 saturated carbocycles. The molecule has 2 aliphatic rings. The highest BCUT2D eigenvalue weighted by Crippen LogP contribution is 2.28. The van der Waals surface area contributed by atoms with E-state index >= 15 is 0 Å². The average Bonchev–Trinajstić information content (AvgIpc) is 3.19. The molecule has 2 fully saturated rings. The van der Waals surface area contributed by atoms with Crippen molar-refractivity contribution in [3.63, 3.8) is 0 Å². The van der Waals surface area contributed by atoms with Gasteiger partial charge >= 0.3 is 12.4 Å². The van der Waals surface area contributed by atoms with Gasteiger partial charge in [-0.1, -0.05) is 18.2 Å². The first-order chi connectivity index (χ1) is 17.2. The number of hydrogen-bond donors (Lipinski definition) is 4. The highest BCUT2D eigenvalue weighted by Gasteiger charge is 2.46. The predicted molar refractivity (Wildman–Crippen MR) is 140 cm³/mol. The number of anilines is 2. The van der Waals surface area contributed by atoms with Gasteiger partial charge in [0.15, 0.2) is 0 Å². The molecule has 0 aliphatic carbocycles. The number of carbonyl (C=O) groups is 1. The summed E-state index contributed by atoms with van der Waals surface area (Å²) in [6.07, 6.45) is -7.05. The van der Waals surface area contributed by atoms with Crippen molar-refractivity contribution in [3.05, 3.63) is 54.6 Å². The molecule has 2 aliphatic heterocycles. The molecule has 4 atom stereocenters. The van der Waals surface area contributed by atoms with E-state index in [-0.39, 0.29) is 43.7 Å². The third kappa shape index (κ3) is 8.26. The van der Waals surface area contributed by atoms with Crippen LogP contribution in [-0.4, -0.2) is 91.2 Å². The number of aliphatic hydroxyl groups excluding tert-OH is 2. The fourth-order valence-corrected chi connectivity index (χ4v) is 4.62. The smallest absolute Gasteiger partial charge is 0.406 e. The summed E-state index contributed by atoms with van der Waals surface area (Å²) in [5.74, 6) is -0.396. The fourth-order valence-electron chi connectivity index (χ4n) is 4.62. The van der Waals surface area contributed by atoms with E-state index in [9.17, 15) is 28.2 Å². The lowest BCUT2D eigenvalue weighted by molar-refractivity contribution is -0.274. The molecule has 0 unspecified atom stereocenters. The zero-order valence-corrected chi connectivity index (χ0v) is 21.8. The van der Waals surface area contributed by atoms with Crippen molar-refractivity contribution in [2.24, 2.45) is 0 Å². The summed E-state index contributed by atoms with van der Waals surface area (Å²) in [5.41, 5.74) is 1.40. The topological polar surface area (TPSA) is 107 Å². The maximum atomic E-state index is 12.4. The summed E-state index contributed by atoms with van der Waals surface area (Å²) in [6.45, 7) is 2.58. The molecule has 2 amide bonds. The van der Waals surface area contributed by atoms with Gasteiger partial charge in [0, 0.05) is 44.1 Å². The quantitative estimate of drug-likeness (QED) is 0.398. The second-order valence-corrected chi connectivity index (χ2v) is 8.64. The van der Waals surface area contributed by atoms with Gasteiger partial charge < -0.3 is 35.2 Å². The molecule has 0 spiro atoms. The third-order valence-electron chi connectivity index (χ3n) is 6.31. The predicted octanol–water partition coefficient (Wildman–Crippen LogP) is 2.86. The van der Waals surface area contributed by atoms with Crippen LogP contribution in [0.3, 0.4) is 0 Å². The monoisotopic (exact) mass is 582 g/mol. The lowest BCUT2D eigenvalue weighted by atomic mass is 10.0. The SMILES string of the molecule is Cl.Cl.O=C(NC[C@H]1O[C@@H](CO)[C@@H](O)[C@H]1N1CCN(c2ccccc2)CC1)Nc1ccc(OC(F)(F)F)cc1. The van der Waals surface area contributed by atoms with E-state index in [1.165, 1.54) is 12.1 Å². The molecule has 4 rings (SSSR count). The highest BCUT2D eigenvalue weighted by atomic mass is 35.5. The lowest BCUT2D eigenvalue weighted by Gasteiger charge is -2.41. The molecule has 0 bridgehead atoms. The van der Waals surface area contributed by atoms with E-state index in [0.29, 0.717) is 13.1 Å². The van der Waals surface area contributed by atoms with Gasteiger partial charge in [-0.25, -0.2) is 4.79 Å². The maximum absolute atomic E-state index is 12.4. The Hall–Kier alpha value is -2.48. The van der Waals surface area contributed by atoms with Crippen molar-refractivity contribution in [2.75, 3.05) is 49.5 Å². The molecule has 212 valence electrons. The second kappa shape index (κ2) is 14.1. The number of nitrogens with one attached hydrogen (secondary N) is 2. The standard InChI is InChI=1S/C24H29F3N4O5.2ClH/c25-24(26,27)36-18-8-6-16(7-9-18)29-23(34)28-14-19-21(22(33)20(15-32)35-19)31-12-10-30(11-13-31)17-4-2-1-3-5-17;;/h1-9,19-22,32-33H,10-15H2,(H2,28,29,34);2*1H/t19-,20+,21+,22-;;/m1../s1. The minimum absolute atomic E-state index is 0. The van der Waals surface area contributed by atoms with Crippen LogP contribution in [0, 0.1) is 0 Å². The van der Waals surface area contributed by atoms with E-state index in [0.717, 1.165) is 30.9 Å². The molecule has 2 aromatic rings. The Morgan fingerprint density at radius 1 is 1.00 bits per heavy atom. The van der Waals surface area contributed by atoms with Crippen LogP contribution in [-0.2, 0) is 4.74 Å². The number of urea groups is 1. The summed E-state index contributed by atoms with van der Waals surface area (Å²) in [6, 6.07) is 13.8. The van der Waals surface area contributed by atoms with Gasteiger partial charge in [-0.3, -0.25) is 4.90 Å². The van der Waals surface area contributed by atoms with Crippen molar-refractivity contribution >= 4 is 42.2 Å². The summed E-state index contributed by atoms with van der Waals surface area (Å²) >= 11 is 0. The summed E-state index contributed by atoms with van der Waals surface area (Å²) < 4.78 is 46.5. The molecule has 0 radical (unpaired) electrons. The molecular weight excluding hydrogens is 552 g/mol. The van der Waals surface area contributed by atoms with Gasteiger partial charge in [-0.2, -0.15) is 0 Å². The Balaban J connectivity index is 0.00000253. The zero-order chi connectivity index (χ0) is 25.7. The van der Waals surface area contributed by atoms with Crippen LogP contribution < -0.4 is 20.3 Å². The number of amides is 2. The van der Waals surface area contributed by atoms with Crippen LogP contribution in [0.1, 0.15) is 0 Å². The van der Waals surface area contributed by atoms with Gasteiger partial charge in [-0.05, 0) is 36.4 Å². The Labute approximate surface area is 230 Å². The number of rotatable bonds is 7. The van der Waals surface area contributed by atoms with Crippen LogP contribution in [0.5, 0.6) is 5.75 Å². The highest BCUT2D eigenvalue weighted by molar-refractivity contribution is 5.89. The summed E-state index contributed by atoms with van der Waals surface area (Å²) in [7, 11) is 0.